The Labute approximate surface area is 211 Å². The molecule has 0 saturated carbocycles. The van der Waals surface area contributed by atoms with Crippen molar-refractivity contribution in [3.8, 4) is 11.5 Å². The monoisotopic (exact) mass is 497 g/mol. The van der Waals surface area contributed by atoms with Crippen molar-refractivity contribution in [2.45, 2.75) is 103 Å². The SMILES string of the molecule is CC(C)[Si](C#Cc1cn(C2CCN(C(=O)OC(C)(C)C)CC2)c2ncnc(N)c12)(C(C)C)C(C)C. The minimum atomic E-state index is -1.90. The number of nitrogens with two attached hydrogens (primary N) is 1. The maximum absolute atomic E-state index is 12.5. The molecule has 2 aromatic heterocycles. The molecule has 0 radical (unpaired) electrons. The molecule has 0 aromatic carbocycles. The predicted octanol–water partition coefficient (Wildman–Crippen LogP) is 6.16. The van der Waals surface area contributed by atoms with Gasteiger partial charge in [-0.2, -0.15) is 0 Å². The number of amides is 1. The van der Waals surface area contributed by atoms with Crippen molar-refractivity contribution in [3.63, 3.8) is 0 Å². The fraction of sp³-hybridized carbons (Fsp3) is 0.667. The highest BCUT2D eigenvalue weighted by molar-refractivity contribution is 6.90. The van der Waals surface area contributed by atoms with Gasteiger partial charge in [-0.25, -0.2) is 14.8 Å². The first kappa shape index (κ1) is 27.1. The molecular formula is C27H43N5O2Si. The minimum Gasteiger partial charge on any atom is -0.444 e. The van der Waals surface area contributed by atoms with Gasteiger partial charge in [0, 0.05) is 25.3 Å². The summed E-state index contributed by atoms with van der Waals surface area (Å²) in [6, 6.07) is 0.211. The Morgan fingerprint density at radius 2 is 1.66 bits per heavy atom. The maximum atomic E-state index is 12.5. The minimum absolute atomic E-state index is 0.211. The van der Waals surface area contributed by atoms with E-state index >= 15 is 0 Å². The Morgan fingerprint density at radius 1 is 1.09 bits per heavy atom. The van der Waals surface area contributed by atoms with Gasteiger partial charge in [0.2, 0.25) is 0 Å². The van der Waals surface area contributed by atoms with Gasteiger partial charge in [-0.3, -0.25) is 0 Å². The third kappa shape index (κ3) is 5.50. The molecule has 1 saturated heterocycles. The van der Waals surface area contributed by atoms with Gasteiger partial charge >= 0.3 is 6.09 Å². The number of nitrogen functional groups attached to an aromatic ring is 1. The van der Waals surface area contributed by atoms with Crippen LogP contribution in [0, 0.1) is 11.5 Å². The molecular weight excluding hydrogens is 454 g/mol. The van der Waals surface area contributed by atoms with Gasteiger partial charge in [0.1, 0.15) is 31.5 Å². The van der Waals surface area contributed by atoms with Crippen LogP contribution in [0.25, 0.3) is 11.0 Å². The molecule has 0 atom stereocenters. The van der Waals surface area contributed by atoms with E-state index in [2.05, 4.69) is 73.7 Å². The quantitative estimate of drug-likeness (QED) is 0.404. The van der Waals surface area contributed by atoms with Crippen molar-refractivity contribution in [3.05, 3.63) is 18.1 Å². The fourth-order valence-electron chi connectivity index (χ4n) is 5.74. The molecule has 8 heteroatoms. The summed E-state index contributed by atoms with van der Waals surface area (Å²) in [7, 11) is -1.90. The van der Waals surface area contributed by atoms with E-state index in [0.29, 0.717) is 35.5 Å². The standard InChI is InChI=1S/C27H43N5O2Si/c1-18(2)35(19(3)4,20(5)6)15-12-21-16-32(25-23(21)24(28)29-17-30-25)22-10-13-31(14-11-22)26(33)34-27(7,8)9/h16-20,22H,10-11,13-14H2,1-9H3,(H2,28,29,30). The van der Waals surface area contributed by atoms with E-state index in [0.717, 1.165) is 29.4 Å². The molecule has 0 aliphatic carbocycles. The largest absolute Gasteiger partial charge is 0.444 e. The second kappa shape index (κ2) is 10.2. The zero-order valence-electron chi connectivity index (χ0n) is 23.0. The molecule has 0 unspecified atom stereocenters. The van der Waals surface area contributed by atoms with Gasteiger partial charge in [-0.05, 0) is 50.2 Å². The van der Waals surface area contributed by atoms with Crippen LogP contribution in [0.15, 0.2) is 12.5 Å². The van der Waals surface area contributed by atoms with Crippen LogP contribution < -0.4 is 5.73 Å². The van der Waals surface area contributed by atoms with Crippen molar-refractivity contribution in [1.29, 1.82) is 0 Å². The molecule has 35 heavy (non-hydrogen) atoms. The first-order valence-electron chi connectivity index (χ1n) is 12.9. The van der Waals surface area contributed by atoms with Crippen molar-refractivity contribution >= 4 is 31.0 Å². The molecule has 192 valence electrons. The van der Waals surface area contributed by atoms with Crippen LogP contribution in [0.1, 0.15) is 86.8 Å². The van der Waals surface area contributed by atoms with Crippen LogP contribution in [0.5, 0.6) is 0 Å². The van der Waals surface area contributed by atoms with E-state index in [-0.39, 0.29) is 12.1 Å². The summed E-state index contributed by atoms with van der Waals surface area (Å²) in [5, 5.41) is 0.841. The smallest absolute Gasteiger partial charge is 0.410 e. The summed E-state index contributed by atoms with van der Waals surface area (Å²) < 4.78 is 7.76. The predicted molar refractivity (Wildman–Crippen MR) is 146 cm³/mol. The van der Waals surface area contributed by atoms with E-state index in [1.54, 1.807) is 4.90 Å². The Kier molecular flexibility index (Phi) is 7.90. The summed E-state index contributed by atoms with van der Waals surface area (Å²) in [4.78, 5) is 23.2. The average molecular weight is 498 g/mol. The number of ether oxygens (including phenoxy) is 1. The highest BCUT2D eigenvalue weighted by Gasteiger charge is 2.41. The third-order valence-corrected chi connectivity index (χ3v) is 13.7. The molecule has 0 bridgehead atoms. The lowest BCUT2D eigenvalue weighted by atomic mass is 10.1. The number of fused-ring (bicyclic) bond motifs is 1. The van der Waals surface area contributed by atoms with Gasteiger partial charge in [0.25, 0.3) is 0 Å². The first-order valence-corrected chi connectivity index (χ1v) is 15.1. The molecule has 3 rings (SSSR count). The van der Waals surface area contributed by atoms with E-state index in [9.17, 15) is 4.79 Å². The molecule has 0 spiro atoms. The van der Waals surface area contributed by atoms with E-state index in [1.807, 2.05) is 20.8 Å². The third-order valence-electron chi connectivity index (χ3n) is 7.43. The number of rotatable bonds is 4. The maximum Gasteiger partial charge on any atom is 0.410 e. The van der Waals surface area contributed by atoms with Crippen molar-refractivity contribution in [2.75, 3.05) is 18.8 Å². The normalized spacial score (nSPS) is 15.7. The van der Waals surface area contributed by atoms with Crippen LogP contribution in [0.4, 0.5) is 10.6 Å². The number of nitrogens with zero attached hydrogens (tertiary/aromatic N) is 4. The lowest BCUT2D eigenvalue weighted by Crippen LogP contribution is -2.43. The molecule has 1 aliphatic rings. The van der Waals surface area contributed by atoms with Crippen LogP contribution in [-0.2, 0) is 4.74 Å². The summed E-state index contributed by atoms with van der Waals surface area (Å²) in [5.41, 5.74) is 13.1. The number of carbonyl (C=O) groups is 1. The molecule has 7 nitrogen and oxygen atoms in total. The van der Waals surface area contributed by atoms with Crippen LogP contribution in [-0.4, -0.2) is 52.3 Å². The second-order valence-electron chi connectivity index (χ2n) is 11.8. The molecule has 1 aliphatic heterocycles. The van der Waals surface area contributed by atoms with E-state index in [1.165, 1.54) is 6.33 Å². The number of likely N-dealkylation sites (tertiary alicyclic amines) is 1. The molecule has 1 amide bonds. The summed E-state index contributed by atoms with van der Waals surface area (Å²) in [5.74, 6) is 4.04. The van der Waals surface area contributed by atoms with Gasteiger partial charge in [-0.15, -0.1) is 5.54 Å². The molecule has 3 heterocycles. The second-order valence-corrected chi connectivity index (χ2v) is 17.3. The van der Waals surface area contributed by atoms with E-state index < -0.39 is 13.7 Å². The summed E-state index contributed by atoms with van der Waals surface area (Å²) in [6.45, 7) is 20.9. The fourth-order valence-corrected chi connectivity index (χ4v) is 11.0. The summed E-state index contributed by atoms with van der Waals surface area (Å²) in [6.07, 6.45) is 5.03. The van der Waals surface area contributed by atoms with Gasteiger partial charge < -0.3 is 19.9 Å². The zero-order chi connectivity index (χ0) is 26.1. The number of carbonyl (C=O) groups excluding carboxylic acids is 1. The van der Waals surface area contributed by atoms with Gasteiger partial charge in [0.05, 0.1) is 10.9 Å². The highest BCUT2D eigenvalue weighted by Crippen LogP contribution is 2.41. The topological polar surface area (TPSA) is 86.3 Å². The van der Waals surface area contributed by atoms with Crippen LogP contribution in [0.2, 0.25) is 16.6 Å². The number of anilines is 1. The van der Waals surface area contributed by atoms with E-state index in [4.69, 9.17) is 10.5 Å². The number of hydrogen-bond donors (Lipinski definition) is 1. The summed E-state index contributed by atoms with van der Waals surface area (Å²) >= 11 is 0. The average Bonchev–Trinajstić information content (AvgIpc) is 3.12. The molecule has 2 N–H and O–H groups in total. The Bertz CT molecular complexity index is 1090. The zero-order valence-corrected chi connectivity index (χ0v) is 24.0. The molecule has 1 fully saturated rings. The van der Waals surface area contributed by atoms with Crippen molar-refractivity contribution in [1.82, 2.24) is 19.4 Å². The first-order chi connectivity index (χ1) is 16.3. The van der Waals surface area contributed by atoms with Gasteiger partial charge in [-0.1, -0.05) is 47.5 Å². The Hall–Kier alpha value is -2.53. The van der Waals surface area contributed by atoms with Crippen LogP contribution >= 0.6 is 0 Å². The Morgan fingerprint density at radius 3 is 2.17 bits per heavy atom. The number of piperidine rings is 1. The Balaban J connectivity index is 1.96. The van der Waals surface area contributed by atoms with Crippen molar-refractivity contribution in [2.24, 2.45) is 0 Å². The number of hydrogen-bond acceptors (Lipinski definition) is 5. The highest BCUT2D eigenvalue weighted by atomic mass is 28.3. The van der Waals surface area contributed by atoms with Gasteiger partial charge in [0.15, 0.2) is 0 Å². The van der Waals surface area contributed by atoms with Crippen LogP contribution in [0.3, 0.4) is 0 Å². The molecule has 2 aromatic rings. The van der Waals surface area contributed by atoms with Crippen molar-refractivity contribution < 1.29 is 9.53 Å². The number of aromatic nitrogens is 3. The lowest BCUT2D eigenvalue weighted by Gasteiger charge is -2.38. The lowest BCUT2D eigenvalue weighted by molar-refractivity contribution is 0.0189.